The Labute approximate surface area is 88.7 Å². The lowest BCUT2D eigenvalue weighted by atomic mass is 10.0. The number of ketones is 1. The molecule has 2 rings (SSSR count). The van der Waals surface area contributed by atoms with Gasteiger partial charge >= 0.3 is 0 Å². The van der Waals surface area contributed by atoms with Crippen LogP contribution in [0.1, 0.15) is 35.7 Å². The van der Waals surface area contributed by atoms with Crippen LogP contribution in [0.4, 0.5) is 0 Å². The van der Waals surface area contributed by atoms with E-state index < -0.39 is 0 Å². The maximum Gasteiger partial charge on any atom is 0.203 e. The fraction of sp³-hybridized carbons (Fsp3) is 0.700. The summed E-state index contributed by atoms with van der Waals surface area (Å²) in [6.07, 6.45) is 2.60. The Morgan fingerprint density at radius 3 is 2.67 bits per heavy atom. The Hall–Kier alpha value is -1.23. The molecular formula is C10H16N4O. The van der Waals surface area contributed by atoms with E-state index >= 15 is 0 Å². The molecule has 15 heavy (non-hydrogen) atoms. The van der Waals surface area contributed by atoms with Crippen LogP contribution < -0.4 is 5.73 Å². The molecule has 1 fully saturated rings. The van der Waals surface area contributed by atoms with Gasteiger partial charge in [-0.05, 0) is 26.2 Å². The number of hydrogen-bond donors (Lipinski definition) is 1. The molecule has 2 unspecified atom stereocenters. The quantitative estimate of drug-likeness (QED) is 0.715. The number of nitrogens with zero attached hydrogens (tertiary/aromatic N) is 3. The number of nitrogens with two attached hydrogens (primary N) is 1. The molecule has 2 N–H and O–H groups in total. The largest absolute Gasteiger partial charge is 0.328 e. The Kier molecular flexibility index (Phi) is 2.56. The van der Waals surface area contributed by atoms with Gasteiger partial charge in [-0.3, -0.25) is 4.79 Å². The molecule has 1 aromatic heterocycles. The predicted octanol–water partition coefficient (Wildman–Crippen LogP) is 0.434. The van der Waals surface area contributed by atoms with E-state index in [0.29, 0.717) is 5.82 Å². The van der Waals surface area contributed by atoms with Crippen LogP contribution in [0, 0.1) is 12.8 Å². The minimum atomic E-state index is 0.0438. The number of Topliss-reactive ketones (excluding diaryl/α,β-unsaturated/α-hetero) is 1. The molecule has 0 aromatic carbocycles. The molecule has 0 amide bonds. The van der Waals surface area contributed by atoms with Crippen LogP contribution in [0.25, 0.3) is 0 Å². The molecule has 0 bridgehead atoms. The molecule has 5 nitrogen and oxygen atoms in total. The molecule has 5 heteroatoms. The Morgan fingerprint density at radius 2 is 2.20 bits per heavy atom. The van der Waals surface area contributed by atoms with Crippen molar-refractivity contribution in [2.45, 2.75) is 32.2 Å². The fourth-order valence-corrected chi connectivity index (χ4v) is 2.06. The number of carbonyl (C=O) groups is 1. The number of aryl methyl sites for hydroxylation is 1. The summed E-state index contributed by atoms with van der Waals surface area (Å²) in [5.74, 6) is 1.36. The van der Waals surface area contributed by atoms with E-state index in [1.165, 1.54) is 0 Å². The molecule has 82 valence electrons. The summed E-state index contributed by atoms with van der Waals surface area (Å²) in [5.41, 5.74) is 5.79. The van der Waals surface area contributed by atoms with Crippen LogP contribution in [0.5, 0.6) is 0 Å². The molecular weight excluding hydrogens is 192 g/mol. The Balaban J connectivity index is 2.18. The van der Waals surface area contributed by atoms with E-state index in [1.54, 1.807) is 4.57 Å². The maximum atomic E-state index is 12.0. The molecule has 2 atom stereocenters. The van der Waals surface area contributed by atoms with Gasteiger partial charge in [0.15, 0.2) is 5.82 Å². The smallest absolute Gasteiger partial charge is 0.203 e. The van der Waals surface area contributed by atoms with Crippen molar-refractivity contribution in [3.05, 3.63) is 11.6 Å². The minimum absolute atomic E-state index is 0.0438. The van der Waals surface area contributed by atoms with Crippen molar-refractivity contribution in [1.29, 1.82) is 0 Å². The first-order valence-corrected chi connectivity index (χ1v) is 5.25. The fourth-order valence-electron chi connectivity index (χ4n) is 2.06. The molecule has 0 radical (unpaired) electrons. The number of rotatable bonds is 2. The van der Waals surface area contributed by atoms with E-state index in [-0.39, 0.29) is 17.7 Å². The van der Waals surface area contributed by atoms with Gasteiger partial charge in [0.25, 0.3) is 0 Å². The normalized spacial score (nSPS) is 25.8. The third kappa shape index (κ3) is 1.79. The molecule has 1 saturated carbocycles. The van der Waals surface area contributed by atoms with Crippen LogP contribution >= 0.6 is 0 Å². The van der Waals surface area contributed by atoms with Crippen molar-refractivity contribution < 1.29 is 4.79 Å². The van der Waals surface area contributed by atoms with Gasteiger partial charge < -0.3 is 10.3 Å². The van der Waals surface area contributed by atoms with Gasteiger partial charge in [-0.15, -0.1) is 10.2 Å². The monoisotopic (exact) mass is 208 g/mol. The van der Waals surface area contributed by atoms with Crippen molar-refractivity contribution in [3.63, 3.8) is 0 Å². The van der Waals surface area contributed by atoms with Crippen molar-refractivity contribution >= 4 is 5.78 Å². The van der Waals surface area contributed by atoms with E-state index in [9.17, 15) is 4.79 Å². The van der Waals surface area contributed by atoms with Crippen LogP contribution in [-0.2, 0) is 7.05 Å². The lowest BCUT2D eigenvalue weighted by Gasteiger charge is -2.07. The molecule has 1 aliphatic rings. The molecule has 1 heterocycles. The first-order valence-electron chi connectivity index (χ1n) is 5.25. The Bertz CT molecular complexity index is 385. The zero-order valence-corrected chi connectivity index (χ0v) is 9.10. The summed E-state index contributed by atoms with van der Waals surface area (Å²) in [6, 6.07) is 0.174. The summed E-state index contributed by atoms with van der Waals surface area (Å²) in [7, 11) is 1.82. The maximum absolute atomic E-state index is 12.0. The number of carbonyl (C=O) groups excluding carboxylic acids is 1. The van der Waals surface area contributed by atoms with E-state index in [0.717, 1.165) is 25.1 Å². The standard InChI is InChI=1S/C10H16N4O/c1-6-12-13-10(14(6)2)9(15)7-3-4-8(11)5-7/h7-8H,3-5,11H2,1-2H3. The van der Waals surface area contributed by atoms with Gasteiger partial charge in [0.05, 0.1) is 0 Å². The molecule has 0 saturated heterocycles. The third-order valence-electron chi connectivity index (χ3n) is 3.16. The highest BCUT2D eigenvalue weighted by Gasteiger charge is 2.31. The Morgan fingerprint density at radius 1 is 1.47 bits per heavy atom. The van der Waals surface area contributed by atoms with Crippen LogP contribution in [-0.4, -0.2) is 26.6 Å². The van der Waals surface area contributed by atoms with Crippen LogP contribution in [0.2, 0.25) is 0 Å². The summed E-state index contributed by atoms with van der Waals surface area (Å²) < 4.78 is 1.74. The minimum Gasteiger partial charge on any atom is -0.328 e. The second kappa shape index (κ2) is 3.73. The van der Waals surface area contributed by atoms with Gasteiger partial charge in [-0.25, -0.2) is 0 Å². The second-order valence-electron chi connectivity index (χ2n) is 4.26. The summed E-state index contributed by atoms with van der Waals surface area (Å²) >= 11 is 0. The SMILES string of the molecule is Cc1nnc(C(=O)C2CCC(N)C2)n1C. The van der Waals surface area contributed by atoms with Crippen LogP contribution in [0.3, 0.4) is 0 Å². The zero-order valence-electron chi connectivity index (χ0n) is 9.10. The average Bonchev–Trinajstić information content (AvgIpc) is 2.75. The zero-order chi connectivity index (χ0) is 11.0. The highest BCUT2D eigenvalue weighted by Crippen LogP contribution is 2.26. The van der Waals surface area contributed by atoms with Crippen molar-refractivity contribution in [1.82, 2.24) is 14.8 Å². The number of hydrogen-bond acceptors (Lipinski definition) is 4. The lowest BCUT2D eigenvalue weighted by Crippen LogP contribution is -2.20. The summed E-state index contributed by atoms with van der Waals surface area (Å²) in [4.78, 5) is 12.0. The van der Waals surface area contributed by atoms with Gasteiger partial charge in [-0.1, -0.05) is 0 Å². The van der Waals surface area contributed by atoms with Gasteiger partial charge in [0.2, 0.25) is 5.78 Å². The molecule has 0 spiro atoms. The number of aromatic nitrogens is 3. The van der Waals surface area contributed by atoms with E-state index in [1.807, 2.05) is 14.0 Å². The van der Waals surface area contributed by atoms with Gasteiger partial charge in [-0.2, -0.15) is 0 Å². The van der Waals surface area contributed by atoms with Gasteiger partial charge in [0, 0.05) is 19.0 Å². The lowest BCUT2D eigenvalue weighted by molar-refractivity contribution is 0.0907. The molecule has 1 aliphatic carbocycles. The topological polar surface area (TPSA) is 73.8 Å². The predicted molar refractivity (Wildman–Crippen MR) is 55.4 cm³/mol. The van der Waals surface area contributed by atoms with Crippen molar-refractivity contribution in [3.8, 4) is 0 Å². The van der Waals surface area contributed by atoms with Crippen LogP contribution in [0.15, 0.2) is 0 Å². The van der Waals surface area contributed by atoms with Crippen molar-refractivity contribution in [2.24, 2.45) is 18.7 Å². The molecule has 1 aromatic rings. The summed E-state index contributed by atoms with van der Waals surface area (Å²) in [5, 5.41) is 7.80. The third-order valence-corrected chi connectivity index (χ3v) is 3.16. The van der Waals surface area contributed by atoms with E-state index in [4.69, 9.17) is 5.73 Å². The second-order valence-corrected chi connectivity index (χ2v) is 4.26. The highest BCUT2D eigenvalue weighted by atomic mass is 16.1. The highest BCUT2D eigenvalue weighted by molar-refractivity contribution is 5.94. The average molecular weight is 208 g/mol. The van der Waals surface area contributed by atoms with Gasteiger partial charge in [0.1, 0.15) is 5.82 Å². The first-order chi connectivity index (χ1) is 7.09. The van der Waals surface area contributed by atoms with E-state index in [2.05, 4.69) is 10.2 Å². The van der Waals surface area contributed by atoms with Crippen molar-refractivity contribution in [2.75, 3.05) is 0 Å². The first kappa shape index (κ1) is 10.3. The summed E-state index contributed by atoms with van der Waals surface area (Å²) in [6.45, 7) is 1.84. The molecule has 0 aliphatic heterocycles.